The highest BCUT2D eigenvalue weighted by atomic mass is 16.2. The van der Waals surface area contributed by atoms with Crippen LogP contribution in [-0.2, 0) is 11.3 Å². The van der Waals surface area contributed by atoms with Crippen molar-refractivity contribution in [3.63, 3.8) is 0 Å². The second-order valence-electron chi connectivity index (χ2n) is 7.37. The van der Waals surface area contributed by atoms with E-state index < -0.39 is 6.03 Å². The van der Waals surface area contributed by atoms with Crippen molar-refractivity contribution < 1.29 is 9.59 Å². The van der Waals surface area contributed by atoms with Crippen molar-refractivity contribution >= 4 is 29.4 Å². The zero-order chi connectivity index (χ0) is 23.0. The van der Waals surface area contributed by atoms with Gasteiger partial charge in [-0.15, -0.1) is 0 Å². The molecule has 0 aliphatic rings. The molecule has 0 saturated carbocycles. The monoisotopic (exact) mass is 437 g/mol. The molecule has 3 amide bonds. The van der Waals surface area contributed by atoms with Crippen LogP contribution < -0.4 is 16.4 Å². The third kappa shape index (κ3) is 5.95. The number of rotatable bonds is 7. The summed E-state index contributed by atoms with van der Waals surface area (Å²) in [6.45, 7) is 0.631. The Morgan fingerprint density at radius 3 is 2.09 bits per heavy atom. The predicted molar refractivity (Wildman–Crippen MR) is 131 cm³/mol. The lowest BCUT2D eigenvalue weighted by molar-refractivity contribution is -0.111. The van der Waals surface area contributed by atoms with Crippen LogP contribution in [0.5, 0.6) is 0 Å². The van der Waals surface area contributed by atoms with E-state index in [4.69, 9.17) is 10.8 Å². The number of hydrogen-bond donors (Lipinski definition) is 3. The van der Waals surface area contributed by atoms with E-state index in [9.17, 15) is 9.59 Å². The smallest absolute Gasteiger partial charge is 0.316 e. The fourth-order valence-electron chi connectivity index (χ4n) is 3.36. The van der Waals surface area contributed by atoms with Crippen molar-refractivity contribution in [2.75, 3.05) is 10.6 Å². The Morgan fingerprint density at radius 2 is 1.45 bits per heavy atom. The number of aromatic nitrogens is 2. The summed E-state index contributed by atoms with van der Waals surface area (Å²) in [6, 6.07) is 26.0. The molecular weight excluding hydrogens is 414 g/mol. The Kier molecular flexibility index (Phi) is 6.61. The van der Waals surface area contributed by atoms with Gasteiger partial charge in [0.2, 0.25) is 5.91 Å². The van der Waals surface area contributed by atoms with Crippen LogP contribution in [0.4, 0.5) is 16.2 Å². The van der Waals surface area contributed by atoms with Gasteiger partial charge in [0.05, 0.1) is 12.2 Å². The summed E-state index contributed by atoms with van der Waals surface area (Å²) in [6.07, 6.45) is 5.17. The third-order valence-electron chi connectivity index (χ3n) is 4.86. The lowest BCUT2D eigenvalue weighted by Crippen LogP contribution is -2.19. The molecule has 164 valence electrons. The lowest BCUT2D eigenvalue weighted by atomic mass is 10.1. The van der Waals surface area contributed by atoms with Gasteiger partial charge in [-0.1, -0.05) is 60.7 Å². The molecular formula is C26H23N5O2. The predicted octanol–water partition coefficient (Wildman–Crippen LogP) is 4.74. The van der Waals surface area contributed by atoms with Crippen LogP contribution >= 0.6 is 0 Å². The van der Waals surface area contributed by atoms with Crippen LogP contribution in [0.25, 0.3) is 17.3 Å². The van der Waals surface area contributed by atoms with Gasteiger partial charge in [0.25, 0.3) is 0 Å². The van der Waals surface area contributed by atoms with E-state index in [1.807, 2.05) is 59.4 Å². The minimum absolute atomic E-state index is 0.277. The van der Waals surface area contributed by atoms with Crippen molar-refractivity contribution in [1.82, 2.24) is 9.78 Å². The summed E-state index contributed by atoms with van der Waals surface area (Å²) in [5.74, 6) is -0.277. The summed E-state index contributed by atoms with van der Waals surface area (Å²) in [5.41, 5.74) is 10.0. The second kappa shape index (κ2) is 10.1. The van der Waals surface area contributed by atoms with Crippen LogP contribution in [0.3, 0.4) is 0 Å². The van der Waals surface area contributed by atoms with Gasteiger partial charge < -0.3 is 16.4 Å². The first kappa shape index (κ1) is 21.6. The molecule has 3 aromatic carbocycles. The number of amides is 3. The summed E-state index contributed by atoms with van der Waals surface area (Å²) >= 11 is 0. The lowest BCUT2D eigenvalue weighted by Gasteiger charge is -2.05. The number of anilines is 2. The summed E-state index contributed by atoms with van der Waals surface area (Å²) in [5, 5.41) is 10.0. The molecule has 4 rings (SSSR count). The van der Waals surface area contributed by atoms with E-state index in [2.05, 4.69) is 22.8 Å². The molecule has 0 bridgehead atoms. The van der Waals surface area contributed by atoms with Gasteiger partial charge in [-0.25, -0.2) is 4.79 Å². The van der Waals surface area contributed by atoms with Crippen molar-refractivity contribution in [3.8, 4) is 11.3 Å². The minimum Gasteiger partial charge on any atom is -0.351 e. The molecule has 0 spiro atoms. The highest BCUT2D eigenvalue weighted by Gasteiger charge is 2.10. The second-order valence-corrected chi connectivity index (χ2v) is 7.37. The number of primary amides is 1. The molecule has 1 aromatic heterocycles. The van der Waals surface area contributed by atoms with Gasteiger partial charge in [-0.3, -0.25) is 9.48 Å². The number of carbonyl (C=O) groups excluding carboxylic acids is 2. The molecule has 0 aliphatic carbocycles. The SMILES string of the molecule is NC(=O)Nc1ccc(NC(=O)/C=C/c2cn(Cc3ccccc3)nc2-c2ccccc2)cc1. The van der Waals surface area contributed by atoms with E-state index in [1.165, 1.54) is 6.08 Å². The first-order valence-corrected chi connectivity index (χ1v) is 10.4. The van der Waals surface area contributed by atoms with Crippen LogP contribution in [0.1, 0.15) is 11.1 Å². The van der Waals surface area contributed by atoms with Crippen molar-refractivity contribution in [2.24, 2.45) is 5.73 Å². The number of nitrogens with zero attached hydrogens (tertiary/aromatic N) is 2. The Hall–Kier alpha value is -4.65. The summed E-state index contributed by atoms with van der Waals surface area (Å²) < 4.78 is 1.87. The Morgan fingerprint density at radius 1 is 0.848 bits per heavy atom. The maximum absolute atomic E-state index is 12.5. The summed E-state index contributed by atoms with van der Waals surface area (Å²) in [4.78, 5) is 23.4. The number of nitrogens with one attached hydrogen (secondary N) is 2. The Bertz CT molecular complexity index is 1260. The first-order valence-electron chi connectivity index (χ1n) is 10.4. The minimum atomic E-state index is -0.642. The number of urea groups is 1. The molecule has 7 heteroatoms. The van der Waals surface area contributed by atoms with Crippen molar-refractivity contribution in [3.05, 3.63) is 108 Å². The van der Waals surface area contributed by atoms with E-state index in [0.717, 1.165) is 22.4 Å². The van der Waals surface area contributed by atoms with Gasteiger partial charge in [-0.05, 0) is 35.9 Å². The van der Waals surface area contributed by atoms with Gasteiger partial charge in [0.15, 0.2) is 0 Å². The van der Waals surface area contributed by atoms with E-state index >= 15 is 0 Å². The topological polar surface area (TPSA) is 102 Å². The van der Waals surface area contributed by atoms with Gasteiger partial charge in [0.1, 0.15) is 0 Å². The molecule has 4 N–H and O–H groups in total. The maximum atomic E-state index is 12.5. The van der Waals surface area contributed by atoms with Crippen molar-refractivity contribution in [2.45, 2.75) is 6.54 Å². The van der Waals surface area contributed by atoms with E-state index in [0.29, 0.717) is 17.9 Å². The molecule has 0 radical (unpaired) electrons. The zero-order valence-electron chi connectivity index (χ0n) is 17.8. The van der Waals surface area contributed by atoms with E-state index in [1.54, 1.807) is 30.3 Å². The highest BCUT2D eigenvalue weighted by molar-refractivity contribution is 6.02. The number of benzene rings is 3. The van der Waals surface area contributed by atoms with Crippen molar-refractivity contribution in [1.29, 1.82) is 0 Å². The van der Waals surface area contributed by atoms with Gasteiger partial charge in [0, 0.05) is 34.8 Å². The highest BCUT2D eigenvalue weighted by Crippen LogP contribution is 2.23. The number of hydrogen-bond acceptors (Lipinski definition) is 3. The average molecular weight is 438 g/mol. The van der Waals surface area contributed by atoms with E-state index in [-0.39, 0.29) is 5.91 Å². The molecule has 33 heavy (non-hydrogen) atoms. The first-order chi connectivity index (χ1) is 16.1. The van der Waals surface area contributed by atoms with Crippen LogP contribution in [-0.4, -0.2) is 21.7 Å². The molecule has 0 unspecified atom stereocenters. The fraction of sp³-hybridized carbons (Fsp3) is 0.0385. The third-order valence-corrected chi connectivity index (χ3v) is 4.86. The number of nitrogens with two attached hydrogens (primary N) is 1. The summed E-state index contributed by atoms with van der Waals surface area (Å²) in [7, 11) is 0. The standard InChI is InChI=1S/C26H23N5O2/c27-26(33)29-23-14-12-22(13-15-23)28-24(32)16-11-21-18-31(17-19-7-3-1-4-8-19)30-25(21)20-9-5-2-6-10-20/h1-16,18H,17H2,(H,28,32)(H3,27,29,33)/b16-11+. The molecule has 4 aromatic rings. The molecule has 0 atom stereocenters. The quantitative estimate of drug-likeness (QED) is 0.364. The van der Waals surface area contributed by atoms with Gasteiger partial charge in [-0.2, -0.15) is 5.10 Å². The largest absolute Gasteiger partial charge is 0.351 e. The molecule has 0 saturated heterocycles. The molecule has 7 nitrogen and oxygen atoms in total. The van der Waals surface area contributed by atoms with Crippen LogP contribution in [0.2, 0.25) is 0 Å². The van der Waals surface area contributed by atoms with Crippen LogP contribution in [0.15, 0.2) is 97.2 Å². The maximum Gasteiger partial charge on any atom is 0.316 e. The Balaban J connectivity index is 1.52. The number of carbonyl (C=O) groups is 2. The normalized spacial score (nSPS) is 10.8. The zero-order valence-corrected chi connectivity index (χ0v) is 17.8. The molecule has 1 heterocycles. The van der Waals surface area contributed by atoms with Gasteiger partial charge >= 0.3 is 6.03 Å². The fourth-order valence-corrected chi connectivity index (χ4v) is 3.36. The average Bonchev–Trinajstić information content (AvgIpc) is 3.22. The molecule has 0 fully saturated rings. The van der Waals surface area contributed by atoms with Crippen LogP contribution in [0, 0.1) is 0 Å². The molecule has 0 aliphatic heterocycles. The Labute approximate surface area is 191 Å².